The smallest absolute Gasteiger partial charge is 0.378 e. The fraction of sp³-hybridized carbons (Fsp3) is 0.478. The van der Waals surface area contributed by atoms with Gasteiger partial charge in [0.25, 0.3) is 0 Å². The SMILES string of the molecule is O=C(CN1CCCN(c2ccc(C(F)(F)F)cn2)CC1)Nc1ccc(N2CCOCC2)cc1. The lowest BCUT2D eigenvalue weighted by molar-refractivity contribution is -0.137. The molecule has 0 atom stereocenters. The van der Waals surface area contributed by atoms with Crippen molar-refractivity contribution in [2.24, 2.45) is 0 Å². The summed E-state index contributed by atoms with van der Waals surface area (Å²) in [4.78, 5) is 22.8. The summed E-state index contributed by atoms with van der Waals surface area (Å²) >= 11 is 0. The molecule has 0 unspecified atom stereocenters. The number of hydrogen-bond donors (Lipinski definition) is 1. The zero-order chi connectivity index (χ0) is 23.3. The Bertz CT molecular complexity index is 915. The van der Waals surface area contributed by atoms with Crippen molar-refractivity contribution in [3.8, 4) is 0 Å². The van der Waals surface area contributed by atoms with E-state index in [0.717, 1.165) is 62.9 Å². The van der Waals surface area contributed by atoms with Crippen molar-refractivity contribution < 1.29 is 22.7 Å². The second-order valence-corrected chi connectivity index (χ2v) is 8.21. The lowest BCUT2D eigenvalue weighted by atomic mass is 10.2. The van der Waals surface area contributed by atoms with Gasteiger partial charge < -0.3 is 19.9 Å². The summed E-state index contributed by atoms with van der Waals surface area (Å²) in [6, 6.07) is 10.3. The highest BCUT2D eigenvalue weighted by atomic mass is 19.4. The van der Waals surface area contributed by atoms with Gasteiger partial charge in [-0.1, -0.05) is 0 Å². The number of nitrogens with zero attached hydrogens (tertiary/aromatic N) is 4. The monoisotopic (exact) mass is 463 g/mol. The number of nitrogens with one attached hydrogen (secondary N) is 1. The van der Waals surface area contributed by atoms with Gasteiger partial charge in [0.15, 0.2) is 0 Å². The number of amides is 1. The fourth-order valence-corrected chi connectivity index (χ4v) is 4.08. The number of morpholine rings is 1. The molecule has 33 heavy (non-hydrogen) atoms. The minimum absolute atomic E-state index is 0.0878. The van der Waals surface area contributed by atoms with Gasteiger partial charge in [0.05, 0.1) is 25.3 Å². The second-order valence-electron chi connectivity index (χ2n) is 8.21. The van der Waals surface area contributed by atoms with Crippen LogP contribution in [0.5, 0.6) is 0 Å². The van der Waals surface area contributed by atoms with Gasteiger partial charge in [0.2, 0.25) is 5.91 Å². The lowest BCUT2D eigenvalue weighted by Crippen LogP contribution is -2.36. The third-order valence-electron chi connectivity index (χ3n) is 5.88. The standard InChI is InChI=1S/C23H28F3N5O2/c24-23(25,26)18-2-7-21(27-16-18)31-9-1-8-29(10-11-31)17-22(32)28-19-3-5-20(6-4-19)30-12-14-33-15-13-30/h2-7,16H,1,8-15,17H2,(H,28,32). The van der Waals surface area contributed by atoms with E-state index in [1.165, 1.54) is 6.07 Å². The maximum absolute atomic E-state index is 12.8. The van der Waals surface area contributed by atoms with Crippen LogP contribution in [-0.4, -0.2) is 74.8 Å². The van der Waals surface area contributed by atoms with Crippen LogP contribution in [0.2, 0.25) is 0 Å². The topological polar surface area (TPSA) is 60.9 Å². The first kappa shape index (κ1) is 23.3. The van der Waals surface area contributed by atoms with Crippen LogP contribution in [0.4, 0.5) is 30.4 Å². The van der Waals surface area contributed by atoms with Gasteiger partial charge >= 0.3 is 6.18 Å². The van der Waals surface area contributed by atoms with Gasteiger partial charge in [-0.3, -0.25) is 9.69 Å². The van der Waals surface area contributed by atoms with Crippen molar-refractivity contribution in [1.82, 2.24) is 9.88 Å². The molecule has 1 aromatic carbocycles. The van der Waals surface area contributed by atoms with E-state index in [9.17, 15) is 18.0 Å². The average Bonchev–Trinajstić information content (AvgIpc) is 3.05. The summed E-state index contributed by atoms with van der Waals surface area (Å²) in [6.07, 6.45) is -2.72. The zero-order valence-electron chi connectivity index (χ0n) is 18.4. The first-order valence-corrected chi connectivity index (χ1v) is 11.1. The molecule has 2 aliphatic rings. The summed E-state index contributed by atoms with van der Waals surface area (Å²) in [5, 5.41) is 2.95. The van der Waals surface area contributed by atoms with Gasteiger partial charge in [-0.05, 0) is 42.8 Å². The largest absolute Gasteiger partial charge is 0.417 e. The summed E-state index contributed by atoms with van der Waals surface area (Å²) in [5.41, 5.74) is 1.11. The number of alkyl halides is 3. The van der Waals surface area contributed by atoms with Crippen molar-refractivity contribution >= 4 is 23.1 Å². The quantitative estimate of drug-likeness (QED) is 0.736. The summed E-state index contributed by atoms with van der Waals surface area (Å²) < 4.78 is 43.6. The van der Waals surface area contributed by atoms with E-state index in [2.05, 4.69) is 20.1 Å². The highest BCUT2D eigenvalue weighted by molar-refractivity contribution is 5.92. The molecule has 2 aromatic rings. The van der Waals surface area contributed by atoms with Gasteiger partial charge in [-0.15, -0.1) is 0 Å². The molecular weight excluding hydrogens is 435 g/mol. The van der Waals surface area contributed by atoms with Crippen molar-refractivity contribution in [3.63, 3.8) is 0 Å². The number of halogens is 3. The molecule has 10 heteroatoms. The number of carbonyl (C=O) groups excluding carboxylic acids is 1. The number of anilines is 3. The number of hydrogen-bond acceptors (Lipinski definition) is 6. The van der Waals surface area contributed by atoms with E-state index in [-0.39, 0.29) is 12.5 Å². The lowest BCUT2D eigenvalue weighted by Gasteiger charge is -2.29. The summed E-state index contributed by atoms with van der Waals surface area (Å²) in [7, 11) is 0. The van der Waals surface area contributed by atoms with E-state index in [0.29, 0.717) is 25.5 Å². The van der Waals surface area contributed by atoms with Gasteiger partial charge in [-0.2, -0.15) is 13.2 Å². The van der Waals surface area contributed by atoms with Crippen molar-refractivity contribution in [2.45, 2.75) is 12.6 Å². The number of benzene rings is 1. The Morgan fingerprint density at radius 1 is 0.939 bits per heavy atom. The Balaban J connectivity index is 1.26. The maximum Gasteiger partial charge on any atom is 0.417 e. The van der Waals surface area contributed by atoms with Crippen LogP contribution in [0.25, 0.3) is 0 Å². The number of ether oxygens (including phenoxy) is 1. The molecule has 2 fully saturated rings. The molecule has 0 aliphatic carbocycles. The van der Waals surface area contributed by atoms with Crippen LogP contribution < -0.4 is 15.1 Å². The van der Waals surface area contributed by atoms with Crippen molar-refractivity contribution in [1.29, 1.82) is 0 Å². The van der Waals surface area contributed by atoms with Crippen LogP contribution in [-0.2, 0) is 15.7 Å². The highest BCUT2D eigenvalue weighted by Crippen LogP contribution is 2.29. The minimum atomic E-state index is -4.39. The highest BCUT2D eigenvalue weighted by Gasteiger charge is 2.31. The molecule has 3 heterocycles. The first-order chi connectivity index (χ1) is 15.9. The molecule has 0 radical (unpaired) electrons. The Labute approximate surface area is 191 Å². The third-order valence-corrected chi connectivity index (χ3v) is 5.88. The molecule has 2 saturated heterocycles. The fourth-order valence-electron chi connectivity index (χ4n) is 4.08. The van der Waals surface area contributed by atoms with Crippen LogP contribution in [0.3, 0.4) is 0 Å². The number of aromatic nitrogens is 1. The van der Waals surface area contributed by atoms with Crippen LogP contribution in [0.15, 0.2) is 42.6 Å². The predicted octanol–water partition coefficient (Wildman–Crippen LogP) is 3.09. The number of pyridine rings is 1. The molecule has 178 valence electrons. The number of carbonyl (C=O) groups is 1. The van der Waals surface area contributed by atoms with E-state index in [1.807, 2.05) is 29.2 Å². The van der Waals surface area contributed by atoms with Gasteiger partial charge in [-0.25, -0.2) is 4.98 Å². The predicted molar refractivity (Wildman–Crippen MR) is 121 cm³/mol. The maximum atomic E-state index is 12.8. The number of rotatable bonds is 5. The minimum Gasteiger partial charge on any atom is -0.378 e. The summed E-state index contributed by atoms with van der Waals surface area (Å²) in [6.45, 7) is 6.08. The molecular formula is C23H28F3N5O2. The van der Waals surface area contributed by atoms with Crippen LogP contribution >= 0.6 is 0 Å². The Morgan fingerprint density at radius 3 is 2.36 bits per heavy atom. The molecule has 1 N–H and O–H groups in total. The molecule has 0 bridgehead atoms. The molecule has 1 aromatic heterocycles. The van der Waals surface area contributed by atoms with E-state index in [4.69, 9.17) is 4.74 Å². The van der Waals surface area contributed by atoms with Crippen molar-refractivity contribution in [3.05, 3.63) is 48.2 Å². The van der Waals surface area contributed by atoms with Crippen LogP contribution in [0, 0.1) is 0 Å². The van der Waals surface area contributed by atoms with E-state index < -0.39 is 11.7 Å². The Hall–Kier alpha value is -2.85. The molecule has 1 amide bonds. The van der Waals surface area contributed by atoms with Crippen molar-refractivity contribution in [2.75, 3.05) is 74.1 Å². The normalized spacial score (nSPS) is 18.2. The molecule has 7 nitrogen and oxygen atoms in total. The molecule has 2 aliphatic heterocycles. The summed E-state index contributed by atoms with van der Waals surface area (Å²) in [5.74, 6) is 0.435. The molecule has 0 spiro atoms. The molecule has 4 rings (SSSR count). The van der Waals surface area contributed by atoms with Gasteiger partial charge in [0, 0.05) is 56.8 Å². The molecule has 0 saturated carbocycles. The second kappa shape index (κ2) is 10.4. The first-order valence-electron chi connectivity index (χ1n) is 11.1. The third kappa shape index (κ3) is 6.35. The average molecular weight is 464 g/mol. The Morgan fingerprint density at radius 2 is 1.70 bits per heavy atom. The zero-order valence-corrected chi connectivity index (χ0v) is 18.4. The Kier molecular flexibility index (Phi) is 7.34. The van der Waals surface area contributed by atoms with Crippen LogP contribution in [0.1, 0.15) is 12.0 Å². The van der Waals surface area contributed by atoms with E-state index in [1.54, 1.807) is 0 Å². The van der Waals surface area contributed by atoms with Gasteiger partial charge in [0.1, 0.15) is 5.82 Å². The van der Waals surface area contributed by atoms with E-state index >= 15 is 0 Å².